The molecule has 1 amide bonds. The van der Waals surface area contributed by atoms with E-state index in [1.54, 1.807) is 6.20 Å². The highest BCUT2D eigenvalue weighted by atomic mass is 16.1. The molecule has 4 rings (SSSR count). The van der Waals surface area contributed by atoms with Crippen molar-refractivity contribution in [3.8, 4) is 11.1 Å². The van der Waals surface area contributed by atoms with Gasteiger partial charge in [0.05, 0.1) is 6.20 Å². The number of nitrogens with zero attached hydrogens (tertiary/aromatic N) is 2. The van der Waals surface area contributed by atoms with E-state index >= 15 is 0 Å². The van der Waals surface area contributed by atoms with E-state index in [1.807, 2.05) is 30.5 Å². The summed E-state index contributed by atoms with van der Waals surface area (Å²) in [5.74, 6) is 0.0298. The summed E-state index contributed by atoms with van der Waals surface area (Å²) in [6, 6.07) is 7.71. The van der Waals surface area contributed by atoms with Crippen LogP contribution in [0.5, 0.6) is 0 Å². The van der Waals surface area contributed by atoms with Crippen molar-refractivity contribution in [2.45, 2.75) is 19.3 Å². The van der Waals surface area contributed by atoms with Gasteiger partial charge in [-0.05, 0) is 50.0 Å². The van der Waals surface area contributed by atoms with Crippen LogP contribution in [0, 0.1) is 5.41 Å². The van der Waals surface area contributed by atoms with Crippen LogP contribution in [-0.4, -0.2) is 47.2 Å². The van der Waals surface area contributed by atoms with Gasteiger partial charge in [-0.1, -0.05) is 12.1 Å². The highest BCUT2D eigenvalue weighted by Crippen LogP contribution is 2.38. The molecule has 2 N–H and O–H groups in total. The van der Waals surface area contributed by atoms with Crippen LogP contribution in [0.25, 0.3) is 11.1 Å². The van der Waals surface area contributed by atoms with Crippen molar-refractivity contribution in [2.24, 2.45) is 5.41 Å². The van der Waals surface area contributed by atoms with E-state index in [-0.39, 0.29) is 5.91 Å². The maximum atomic E-state index is 12.4. The average Bonchev–Trinajstić information content (AvgIpc) is 3.22. The van der Waals surface area contributed by atoms with Crippen LogP contribution >= 0.6 is 0 Å². The number of fused-ring (bicyclic) bond motifs is 2. The van der Waals surface area contributed by atoms with Crippen LogP contribution in [-0.2, 0) is 0 Å². The number of piperidine rings is 1. The quantitative estimate of drug-likeness (QED) is 0.911. The molecule has 120 valence electrons. The SMILES string of the molecule is O=C(NCC12CCCN(CC1)C2)c1ccc(-c2cn[nH]c2)cc1. The second-order valence-corrected chi connectivity index (χ2v) is 6.88. The Morgan fingerprint density at radius 3 is 2.87 bits per heavy atom. The van der Waals surface area contributed by atoms with Gasteiger partial charge in [0.25, 0.3) is 5.91 Å². The van der Waals surface area contributed by atoms with E-state index in [1.165, 1.54) is 32.4 Å². The van der Waals surface area contributed by atoms with Gasteiger partial charge in [-0.3, -0.25) is 9.89 Å². The number of carbonyl (C=O) groups excluding carboxylic acids is 1. The molecule has 0 radical (unpaired) electrons. The molecule has 2 aromatic rings. The first-order chi connectivity index (χ1) is 11.2. The Labute approximate surface area is 136 Å². The number of rotatable bonds is 4. The maximum Gasteiger partial charge on any atom is 0.251 e. The molecule has 5 heteroatoms. The molecule has 0 aliphatic carbocycles. The first kappa shape index (κ1) is 14.5. The van der Waals surface area contributed by atoms with Gasteiger partial charge in [-0.25, -0.2) is 0 Å². The Bertz CT molecular complexity index is 676. The summed E-state index contributed by atoms with van der Waals surface area (Å²) < 4.78 is 0. The molecule has 0 saturated carbocycles. The maximum absolute atomic E-state index is 12.4. The molecule has 1 aromatic carbocycles. The zero-order valence-electron chi connectivity index (χ0n) is 13.2. The van der Waals surface area contributed by atoms with Gasteiger partial charge in [0, 0.05) is 35.8 Å². The van der Waals surface area contributed by atoms with E-state index in [2.05, 4.69) is 20.4 Å². The highest BCUT2D eigenvalue weighted by molar-refractivity contribution is 5.94. The summed E-state index contributed by atoms with van der Waals surface area (Å²) >= 11 is 0. The molecule has 2 aliphatic rings. The Hall–Kier alpha value is -2.14. The second-order valence-electron chi connectivity index (χ2n) is 6.88. The minimum atomic E-state index is 0.0298. The average molecular weight is 310 g/mol. The number of hydrogen-bond acceptors (Lipinski definition) is 3. The largest absolute Gasteiger partial charge is 0.351 e. The Balaban J connectivity index is 1.39. The Kier molecular flexibility index (Phi) is 3.65. The Morgan fingerprint density at radius 1 is 1.22 bits per heavy atom. The van der Waals surface area contributed by atoms with Crippen LogP contribution in [0.2, 0.25) is 0 Å². The molecular weight excluding hydrogens is 288 g/mol. The molecule has 2 aliphatic heterocycles. The zero-order chi connectivity index (χ0) is 15.7. The summed E-state index contributed by atoms with van der Waals surface area (Å²) in [6.07, 6.45) is 7.34. The van der Waals surface area contributed by atoms with Crippen molar-refractivity contribution in [2.75, 3.05) is 26.2 Å². The minimum Gasteiger partial charge on any atom is -0.351 e. The van der Waals surface area contributed by atoms with Crippen molar-refractivity contribution in [1.29, 1.82) is 0 Å². The number of amides is 1. The lowest BCUT2D eigenvalue weighted by Gasteiger charge is -2.34. The number of hydrogen-bond donors (Lipinski definition) is 2. The predicted octanol–water partition coefficient (Wildman–Crippen LogP) is 2.29. The van der Waals surface area contributed by atoms with Crippen LogP contribution in [0.3, 0.4) is 0 Å². The van der Waals surface area contributed by atoms with Gasteiger partial charge >= 0.3 is 0 Å². The molecule has 2 atom stereocenters. The number of H-pyrrole nitrogens is 1. The van der Waals surface area contributed by atoms with Crippen LogP contribution in [0.15, 0.2) is 36.7 Å². The van der Waals surface area contributed by atoms with E-state index in [0.29, 0.717) is 5.41 Å². The molecule has 2 bridgehead atoms. The zero-order valence-corrected chi connectivity index (χ0v) is 13.2. The van der Waals surface area contributed by atoms with Crippen molar-refractivity contribution in [3.05, 3.63) is 42.2 Å². The monoisotopic (exact) mass is 310 g/mol. The molecular formula is C18H22N4O. The molecule has 23 heavy (non-hydrogen) atoms. The fourth-order valence-electron chi connectivity index (χ4n) is 3.93. The molecule has 1 aromatic heterocycles. The lowest BCUT2D eigenvalue weighted by Crippen LogP contribution is -2.42. The highest BCUT2D eigenvalue weighted by Gasteiger charge is 2.40. The van der Waals surface area contributed by atoms with Gasteiger partial charge in [-0.15, -0.1) is 0 Å². The van der Waals surface area contributed by atoms with Gasteiger partial charge in [0.2, 0.25) is 0 Å². The van der Waals surface area contributed by atoms with E-state index < -0.39 is 0 Å². The lowest BCUT2D eigenvalue weighted by atomic mass is 9.81. The molecule has 5 nitrogen and oxygen atoms in total. The van der Waals surface area contributed by atoms with E-state index in [0.717, 1.165) is 29.8 Å². The normalized spacial score (nSPS) is 26.2. The van der Waals surface area contributed by atoms with Crippen LogP contribution < -0.4 is 5.32 Å². The summed E-state index contributed by atoms with van der Waals surface area (Å²) in [4.78, 5) is 14.9. The standard InChI is InChI=1S/C18H22N4O/c23-17(19-12-18-6-1-8-22(13-18)9-7-18)15-4-2-14(3-5-15)16-10-20-21-11-16/h2-5,10-11H,1,6-9,12-13H2,(H,19,23)(H,20,21). The summed E-state index contributed by atoms with van der Waals surface area (Å²) in [7, 11) is 0. The van der Waals surface area contributed by atoms with Crippen LogP contribution in [0.1, 0.15) is 29.6 Å². The van der Waals surface area contributed by atoms with Gasteiger partial charge in [0.1, 0.15) is 0 Å². The van der Waals surface area contributed by atoms with Gasteiger partial charge in [-0.2, -0.15) is 5.10 Å². The molecule has 0 spiro atoms. The second kappa shape index (κ2) is 5.81. The van der Waals surface area contributed by atoms with Crippen molar-refractivity contribution in [3.63, 3.8) is 0 Å². The first-order valence-corrected chi connectivity index (χ1v) is 8.34. The summed E-state index contributed by atoms with van der Waals surface area (Å²) in [6.45, 7) is 4.36. The molecule has 3 heterocycles. The lowest BCUT2D eigenvalue weighted by molar-refractivity contribution is 0.0916. The number of aromatic nitrogens is 2. The van der Waals surface area contributed by atoms with Gasteiger partial charge < -0.3 is 10.2 Å². The van der Waals surface area contributed by atoms with Crippen molar-refractivity contribution < 1.29 is 4.79 Å². The first-order valence-electron chi connectivity index (χ1n) is 8.34. The van der Waals surface area contributed by atoms with Crippen molar-refractivity contribution >= 4 is 5.91 Å². The smallest absolute Gasteiger partial charge is 0.251 e. The third kappa shape index (κ3) is 2.88. The summed E-state index contributed by atoms with van der Waals surface area (Å²) in [5, 5.41) is 9.91. The van der Waals surface area contributed by atoms with E-state index in [9.17, 15) is 4.79 Å². The number of aromatic amines is 1. The molecule has 2 unspecified atom stereocenters. The number of benzene rings is 1. The fraction of sp³-hybridized carbons (Fsp3) is 0.444. The predicted molar refractivity (Wildman–Crippen MR) is 89.1 cm³/mol. The minimum absolute atomic E-state index is 0.0298. The van der Waals surface area contributed by atoms with Crippen LogP contribution in [0.4, 0.5) is 0 Å². The third-order valence-electron chi connectivity index (χ3n) is 5.30. The van der Waals surface area contributed by atoms with Gasteiger partial charge in [0.15, 0.2) is 0 Å². The molecule has 2 saturated heterocycles. The number of carbonyl (C=O) groups is 1. The topological polar surface area (TPSA) is 61.0 Å². The van der Waals surface area contributed by atoms with E-state index in [4.69, 9.17) is 0 Å². The number of nitrogens with one attached hydrogen (secondary N) is 2. The third-order valence-corrected chi connectivity index (χ3v) is 5.30. The summed E-state index contributed by atoms with van der Waals surface area (Å²) in [5.41, 5.74) is 3.13. The molecule has 2 fully saturated rings. The Morgan fingerprint density at radius 2 is 2.09 bits per heavy atom. The van der Waals surface area contributed by atoms with Crippen molar-refractivity contribution in [1.82, 2.24) is 20.4 Å². The fourth-order valence-corrected chi connectivity index (χ4v) is 3.93.